The largest absolute Gasteiger partial charge is 0.573 e. The zero-order chi connectivity index (χ0) is 14.8. The summed E-state index contributed by atoms with van der Waals surface area (Å²) < 4.78 is 94.1. The Morgan fingerprint density at radius 3 is 2.11 bits per heavy atom. The summed E-state index contributed by atoms with van der Waals surface area (Å²) in [5.41, 5.74) is -2.99. The van der Waals surface area contributed by atoms with Crippen LogP contribution < -0.4 is 9.47 Å². The van der Waals surface area contributed by atoms with Crippen molar-refractivity contribution in [2.24, 2.45) is 0 Å². The minimum absolute atomic E-state index is 0.473. The Morgan fingerprint density at radius 2 is 1.74 bits per heavy atom. The summed E-state index contributed by atoms with van der Waals surface area (Å²) in [6.07, 6.45) is -10.2. The van der Waals surface area contributed by atoms with Gasteiger partial charge in [-0.1, -0.05) is 0 Å². The Balaban J connectivity index is 3.49. The van der Waals surface area contributed by atoms with E-state index in [2.05, 4.69) is 14.5 Å². The Bertz CT molecular complexity index is 455. The SMILES string of the molecule is COc1cnc(C(F)(F)F)c(OC(F)(F)F)c1CF. The molecule has 0 saturated carbocycles. The van der Waals surface area contributed by atoms with Crippen molar-refractivity contribution in [1.82, 2.24) is 4.98 Å². The first-order valence-electron chi connectivity index (χ1n) is 4.55. The number of hydrogen-bond donors (Lipinski definition) is 0. The van der Waals surface area contributed by atoms with Gasteiger partial charge in [0.1, 0.15) is 12.4 Å². The first-order chi connectivity index (χ1) is 8.60. The smallest absolute Gasteiger partial charge is 0.495 e. The summed E-state index contributed by atoms with van der Waals surface area (Å²) in [5.74, 6) is -2.32. The van der Waals surface area contributed by atoms with E-state index in [0.29, 0.717) is 6.20 Å². The van der Waals surface area contributed by atoms with Crippen LogP contribution in [0, 0.1) is 0 Å². The van der Waals surface area contributed by atoms with Gasteiger partial charge >= 0.3 is 12.5 Å². The molecule has 1 rings (SSSR count). The maximum atomic E-state index is 12.7. The minimum atomic E-state index is -5.42. The molecule has 0 aliphatic rings. The number of hydrogen-bond acceptors (Lipinski definition) is 3. The topological polar surface area (TPSA) is 31.4 Å². The zero-order valence-corrected chi connectivity index (χ0v) is 9.19. The third kappa shape index (κ3) is 3.61. The molecule has 0 aromatic carbocycles. The highest BCUT2D eigenvalue weighted by Crippen LogP contribution is 2.42. The molecule has 0 saturated heterocycles. The number of alkyl halides is 7. The molecule has 19 heavy (non-hydrogen) atoms. The monoisotopic (exact) mass is 293 g/mol. The second-order valence-corrected chi connectivity index (χ2v) is 3.16. The fourth-order valence-electron chi connectivity index (χ4n) is 1.24. The summed E-state index contributed by atoms with van der Waals surface area (Å²) in [5, 5.41) is 0. The molecule has 0 fully saturated rings. The first-order valence-corrected chi connectivity index (χ1v) is 4.55. The molecule has 0 aliphatic heterocycles. The second kappa shape index (κ2) is 5.10. The van der Waals surface area contributed by atoms with Crippen molar-refractivity contribution >= 4 is 0 Å². The van der Waals surface area contributed by atoms with Gasteiger partial charge in [0, 0.05) is 0 Å². The molecule has 108 valence electrons. The van der Waals surface area contributed by atoms with Gasteiger partial charge in [0.15, 0.2) is 11.4 Å². The molecule has 0 atom stereocenters. The number of nitrogens with zero attached hydrogens (tertiary/aromatic N) is 1. The maximum Gasteiger partial charge on any atom is 0.573 e. The number of halogens is 7. The quantitative estimate of drug-likeness (QED) is 0.800. The van der Waals surface area contributed by atoms with E-state index in [4.69, 9.17) is 0 Å². The van der Waals surface area contributed by atoms with Crippen LogP contribution in [0.2, 0.25) is 0 Å². The van der Waals surface area contributed by atoms with Crippen LogP contribution in [0.15, 0.2) is 6.20 Å². The van der Waals surface area contributed by atoms with E-state index >= 15 is 0 Å². The van der Waals surface area contributed by atoms with Crippen LogP contribution >= 0.6 is 0 Å². The highest BCUT2D eigenvalue weighted by molar-refractivity contribution is 5.47. The van der Waals surface area contributed by atoms with Gasteiger partial charge in [-0.15, -0.1) is 13.2 Å². The van der Waals surface area contributed by atoms with Crippen molar-refractivity contribution < 1.29 is 40.2 Å². The highest BCUT2D eigenvalue weighted by Gasteiger charge is 2.43. The summed E-state index contributed by atoms with van der Waals surface area (Å²) in [6.45, 7) is -1.64. The van der Waals surface area contributed by atoms with Crippen LogP contribution in [-0.2, 0) is 12.9 Å². The van der Waals surface area contributed by atoms with E-state index in [-0.39, 0.29) is 0 Å². The maximum absolute atomic E-state index is 12.7. The number of rotatable bonds is 3. The Kier molecular flexibility index (Phi) is 4.11. The molecule has 1 heterocycles. The van der Waals surface area contributed by atoms with E-state index in [0.717, 1.165) is 7.11 Å². The van der Waals surface area contributed by atoms with Gasteiger partial charge in [-0.2, -0.15) is 13.2 Å². The average molecular weight is 293 g/mol. The number of pyridine rings is 1. The average Bonchev–Trinajstić information content (AvgIpc) is 2.24. The summed E-state index contributed by atoms with van der Waals surface area (Å²) in [4.78, 5) is 2.77. The van der Waals surface area contributed by atoms with Crippen LogP contribution in [0.5, 0.6) is 11.5 Å². The fourth-order valence-corrected chi connectivity index (χ4v) is 1.24. The zero-order valence-electron chi connectivity index (χ0n) is 9.19. The molecule has 0 radical (unpaired) electrons. The molecule has 1 aromatic rings. The second-order valence-electron chi connectivity index (χ2n) is 3.16. The fraction of sp³-hybridized carbons (Fsp3) is 0.444. The highest BCUT2D eigenvalue weighted by atomic mass is 19.4. The number of aromatic nitrogens is 1. The molecular formula is C9H6F7NO2. The van der Waals surface area contributed by atoms with Crippen LogP contribution in [0.25, 0.3) is 0 Å². The van der Waals surface area contributed by atoms with Gasteiger partial charge in [-0.25, -0.2) is 9.37 Å². The van der Waals surface area contributed by atoms with Gasteiger partial charge in [0.2, 0.25) is 0 Å². The Labute approximate surface area is 101 Å². The van der Waals surface area contributed by atoms with E-state index in [1.165, 1.54) is 0 Å². The lowest BCUT2D eigenvalue weighted by Gasteiger charge is -2.18. The molecule has 0 spiro atoms. The predicted molar refractivity (Wildman–Crippen MR) is 47.3 cm³/mol. The molecule has 3 nitrogen and oxygen atoms in total. The number of ether oxygens (including phenoxy) is 2. The van der Waals surface area contributed by atoms with Gasteiger partial charge < -0.3 is 9.47 Å². The molecule has 0 amide bonds. The number of methoxy groups -OCH3 is 1. The van der Waals surface area contributed by atoms with Gasteiger partial charge in [0.05, 0.1) is 18.9 Å². The van der Waals surface area contributed by atoms with Crippen LogP contribution in [0.3, 0.4) is 0 Å². The van der Waals surface area contributed by atoms with Crippen molar-refractivity contribution in [2.75, 3.05) is 7.11 Å². The summed E-state index contributed by atoms with van der Waals surface area (Å²) in [7, 11) is 0.945. The van der Waals surface area contributed by atoms with Gasteiger partial charge in [-0.05, 0) is 0 Å². The third-order valence-electron chi connectivity index (χ3n) is 1.94. The molecule has 0 aliphatic carbocycles. The molecule has 0 bridgehead atoms. The van der Waals surface area contributed by atoms with Crippen molar-refractivity contribution in [3.8, 4) is 11.5 Å². The van der Waals surface area contributed by atoms with Gasteiger partial charge in [0.25, 0.3) is 0 Å². The molecule has 0 unspecified atom stereocenters. The molecular weight excluding hydrogens is 287 g/mol. The third-order valence-corrected chi connectivity index (χ3v) is 1.94. The predicted octanol–water partition coefficient (Wildman–Crippen LogP) is 3.48. The molecule has 1 aromatic heterocycles. The lowest BCUT2D eigenvalue weighted by Crippen LogP contribution is -2.22. The lowest BCUT2D eigenvalue weighted by atomic mass is 10.2. The van der Waals surface area contributed by atoms with E-state index in [1.807, 2.05) is 0 Å². The van der Waals surface area contributed by atoms with Crippen molar-refractivity contribution in [2.45, 2.75) is 19.2 Å². The van der Waals surface area contributed by atoms with Crippen LogP contribution in [-0.4, -0.2) is 18.5 Å². The molecule has 0 N–H and O–H groups in total. The minimum Gasteiger partial charge on any atom is -0.495 e. The van der Waals surface area contributed by atoms with E-state index < -0.39 is 42.0 Å². The van der Waals surface area contributed by atoms with Crippen molar-refractivity contribution in [3.05, 3.63) is 17.5 Å². The van der Waals surface area contributed by atoms with Crippen molar-refractivity contribution in [1.29, 1.82) is 0 Å². The van der Waals surface area contributed by atoms with Gasteiger partial charge in [-0.3, -0.25) is 0 Å². The van der Waals surface area contributed by atoms with Crippen LogP contribution in [0.1, 0.15) is 11.3 Å². The van der Waals surface area contributed by atoms with Crippen LogP contribution in [0.4, 0.5) is 30.7 Å². The van der Waals surface area contributed by atoms with E-state index in [1.54, 1.807) is 0 Å². The summed E-state index contributed by atoms with van der Waals surface area (Å²) >= 11 is 0. The standard InChI is InChI=1S/C9H6F7NO2/c1-18-5-3-17-7(8(11,12)13)6(4(5)2-10)19-9(14,15)16/h3H,2H2,1H3. The first kappa shape index (κ1) is 15.3. The van der Waals surface area contributed by atoms with E-state index in [9.17, 15) is 30.7 Å². The normalized spacial score (nSPS) is 12.4. The Hall–Kier alpha value is -1.74. The van der Waals surface area contributed by atoms with Crippen molar-refractivity contribution in [3.63, 3.8) is 0 Å². The summed E-state index contributed by atoms with van der Waals surface area (Å²) in [6, 6.07) is 0. The Morgan fingerprint density at radius 1 is 1.16 bits per heavy atom. The molecule has 10 heteroatoms. The lowest BCUT2D eigenvalue weighted by molar-refractivity contribution is -0.276.